The zero-order valence-electron chi connectivity index (χ0n) is 8.73. The van der Waals surface area contributed by atoms with Crippen LogP contribution >= 0.6 is 0 Å². The molecule has 0 unspecified atom stereocenters. The molecule has 0 aliphatic heterocycles. The van der Waals surface area contributed by atoms with Gasteiger partial charge < -0.3 is 9.47 Å². The predicted octanol–water partition coefficient (Wildman–Crippen LogP) is 2.12. The van der Waals surface area contributed by atoms with Crippen LogP contribution in [0.1, 0.15) is 24.3 Å². The summed E-state index contributed by atoms with van der Waals surface area (Å²) in [6.07, 6.45) is 2.53. The number of carbonyl (C=O) groups excluding carboxylic acids is 1. The highest BCUT2D eigenvalue weighted by Crippen LogP contribution is 2.40. The molecule has 1 aromatic rings. The minimum absolute atomic E-state index is 0.0232. The zero-order chi connectivity index (χ0) is 10.7. The number of rotatable bonds is 4. The lowest BCUT2D eigenvalue weighted by Crippen LogP contribution is -2.12. The summed E-state index contributed by atoms with van der Waals surface area (Å²) in [5.74, 6) is 1.09. The van der Waals surface area contributed by atoms with Gasteiger partial charge in [-0.3, -0.25) is 0 Å². The van der Waals surface area contributed by atoms with Gasteiger partial charge in [-0.2, -0.15) is 0 Å². The molecule has 0 aromatic heterocycles. The molecule has 1 fully saturated rings. The van der Waals surface area contributed by atoms with Gasteiger partial charge in [0.1, 0.15) is 5.75 Å². The summed E-state index contributed by atoms with van der Waals surface area (Å²) >= 11 is 0. The van der Waals surface area contributed by atoms with Crippen LogP contribution in [0.3, 0.4) is 0 Å². The van der Waals surface area contributed by atoms with E-state index in [0.29, 0.717) is 5.92 Å². The molecule has 0 bridgehead atoms. The van der Waals surface area contributed by atoms with Crippen molar-refractivity contribution in [2.75, 3.05) is 13.7 Å². The smallest absolute Gasteiger partial charge is 0.343 e. The third kappa shape index (κ3) is 2.72. The molecule has 0 spiro atoms. The molecule has 1 aliphatic carbocycles. The minimum Gasteiger partial charge on any atom is -0.482 e. The van der Waals surface area contributed by atoms with Crippen molar-refractivity contribution in [3.8, 4) is 5.75 Å². The van der Waals surface area contributed by atoms with Crippen LogP contribution in [0, 0.1) is 0 Å². The number of ether oxygens (including phenoxy) is 2. The third-order valence-electron chi connectivity index (χ3n) is 2.49. The second-order valence-electron chi connectivity index (χ2n) is 3.71. The summed E-state index contributed by atoms with van der Waals surface area (Å²) in [7, 11) is 1.35. The van der Waals surface area contributed by atoms with Crippen LogP contribution in [-0.2, 0) is 9.53 Å². The molecule has 0 atom stereocenters. The van der Waals surface area contributed by atoms with Gasteiger partial charge in [-0.25, -0.2) is 4.79 Å². The molecule has 80 valence electrons. The van der Waals surface area contributed by atoms with Crippen molar-refractivity contribution in [3.63, 3.8) is 0 Å². The topological polar surface area (TPSA) is 35.5 Å². The van der Waals surface area contributed by atoms with Crippen molar-refractivity contribution in [3.05, 3.63) is 29.8 Å². The van der Waals surface area contributed by atoms with E-state index in [2.05, 4.69) is 10.8 Å². The van der Waals surface area contributed by atoms with E-state index in [-0.39, 0.29) is 12.6 Å². The fourth-order valence-electron chi connectivity index (χ4n) is 1.48. The van der Waals surface area contributed by atoms with Gasteiger partial charge in [-0.15, -0.1) is 0 Å². The van der Waals surface area contributed by atoms with Crippen molar-refractivity contribution in [1.82, 2.24) is 0 Å². The molecule has 1 saturated carbocycles. The predicted molar refractivity (Wildman–Crippen MR) is 55.9 cm³/mol. The van der Waals surface area contributed by atoms with Gasteiger partial charge in [-0.05, 0) is 36.5 Å². The molecule has 15 heavy (non-hydrogen) atoms. The molecule has 0 radical (unpaired) electrons. The van der Waals surface area contributed by atoms with E-state index in [4.69, 9.17) is 4.74 Å². The van der Waals surface area contributed by atoms with Crippen molar-refractivity contribution < 1.29 is 14.3 Å². The molecule has 1 aliphatic rings. The van der Waals surface area contributed by atoms with Gasteiger partial charge >= 0.3 is 5.97 Å². The van der Waals surface area contributed by atoms with E-state index in [1.807, 2.05) is 18.2 Å². The van der Waals surface area contributed by atoms with E-state index in [0.717, 1.165) is 5.75 Å². The Hall–Kier alpha value is -1.51. The van der Waals surface area contributed by atoms with Crippen LogP contribution in [0.25, 0.3) is 0 Å². The van der Waals surface area contributed by atoms with Crippen LogP contribution in [0.5, 0.6) is 5.75 Å². The summed E-state index contributed by atoms with van der Waals surface area (Å²) < 4.78 is 9.80. The standard InChI is InChI=1S/C12H14O3/c1-14-12(13)8-15-11-4-2-3-10(7-11)9-5-6-9/h2-4,7,9H,5-6,8H2,1H3. The maximum atomic E-state index is 10.9. The largest absolute Gasteiger partial charge is 0.482 e. The molecule has 2 rings (SSSR count). The molecule has 0 heterocycles. The quantitative estimate of drug-likeness (QED) is 0.708. The second kappa shape index (κ2) is 4.34. The number of carbonyl (C=O) groups is 1. The van der Waals surface area contributed by atoms with E-state index >= 15 is 0 Å². The van der Waals surface area contributed by atoms with Gasteiger partial charge in [0.15, 0.2) is 6.61 Å². The Balaban J connectivity index is 1.95. The highest BCUT2D eigenvalue weighted by molar-refractivity contribution is 5.70. The fraction of sp³-hybridized carbons (Fsp3) is 0.417. The van der Waals surface area contributed by atoms with Crippen molar-refractivity contribution in [2.24, 2.45) is 0 Å². The maximum Gasteiger partial charge on any atom is 0.343 e. The SMILES string of the molecule is COC(=O)COc1cccc(C2CC2)c1. The number of hydrogen-bond donors (Lipinski definition) is 0. The molecular formula is C12H14O3. The summed E-state index contributed by atoms with van der Waals surface area (Å²) in [6.45, 7) is -0.0232. The maximum absolute atomic E-state index is 10.9. The Morgan fingerprint density at radius 2 is 2.27 bits per heavy atom. The Labute approximate surface area is 89.0 Å². The van der Waals surface area contributed by atoms with Gasteiger partial charge in [0.05, 0.1) is 7.11 Å². The summed E-state index contributed by atoms with van der Waals surface area (Å²) in [5.41, 5.74) is 1.30. The number of benzene rings is 1. The molecule has 3 heteroatoms. The second-order valence-corrected chi connectivity index (χ2v) is 3.71. The van der Waals surface area contributed by atoms with E-state index in [1.54, 1.807) is 0 Å². The molecule has 3 nitrogen and oxygen atoms in total. The number of methoxy groups -OCH3 is 1. The molecule has 0 saturated heterocycles. The van der Waals surface area contributed by atoms with Gasteiger partial charge in [0.25, 0.3) is 0 Å². The van der Waals surface area contributed by atoms with Crippen LogP contribution in [-0.4, -0.2) is 19.7 Å². The lowest BCUT2D eigenvalue weighted by molar-refractivity contribution is -0.142. The minimum atomic E-state index is -0.355. The monoisotopic (exact) mass is 206 g/mol. The molecule has 0 N–H and O–H groups in total. The first kappa shape index (κ1) is 10.0. The average molecular weight is 206 g/mol. The van der Waals surface area contributed by atoms with Crippen molar-refractivity contribution in [1.29, 1.82) is 0 Å². The van der Waals surface area contributed by atoms with E-state index in [9.17, 15) is 4.79 Å². The van der Waals surface area contributed by atoms with Crippen LogP contribution in [0.4, 0.5) is 0 Å². The van der Waals surface area contributed by atoms with Gasteiger partial charge in [0.2, 0.25) is 0 Å². The Morgan fingerprint density at radius 1 is 1.47 bits per heavy atom. The first-order chi connectivity index (χ1) is 7.29. The number of esters is 1. The van der Waals surface area contributed by atoms with Gasteiger partial charge in [-0.1, -0.05) is 12.1 Å². The van der Waals surface area contributed by atoms with Crippen molar-refractivity contribution >= 4 is 5.97 Å². The van der Waals surface area contributed by atoms with E-state index in [1.165, 1.54) is 25.5 Å². The van der Waals surface area contributed by atoms with Crippen LogP contribution in [0.15, 0.2) is 24.3 Å². The fourth-order valence-corrected chi connectivity index (χ4v) is 1.48. The van der Waals surface area contributed by atoms with Crippen molar-refractivity contribution in [2.45, 2.75) is 18.8 Å². The van der Waals surface area contributed by atoms with E-state index < -0.39 is 0 Å². The molecule has 1 aromatic carbocycles. The average Bonchev–Trinajstić information content (AvgIpc) is 3.10. The van der Waals surface area contributed by atoms with Gasteiger partial charge in [0, 0.05) is 0 Å². The number of hydrogen-bond acceptors (Lipinski definition) is 3. The highest BCUT2D eigenvalue weighted by atomic mass is 16.6. The first-order valence-electron chi connectivity index (χ1n) is 5.09. The summed E-state index contributed by atoms with van der Waals surface area (Å²) in [4.78, 5) is 10.9. The third-order valence-corrected chi connectivity index (χ3v) is 2.49. The Bertz CT molecular complexity index is 356. The Kier molecular flexibility index (Phi) is 2.90. The summed E-state index contributed by atoms with van der Waals surface area (Å²) in [6, 6.07) is 7.92. The normalized spacial score (nSPS) is 14.7. The first-order valence-corrected chi connectivity index (χ1v) is 5.09. The zero-order valence-corrected chi connectivity index (χ0v) is 8.73. The lowest BCUT2D eigenvalue weighted by atomic mass is 10.1. The lowest BCUT2D eigenvalue weighted by Gasteiger charge is -2.06. The highest BCUT2D eigenvalue weighted by Gasteiger charge is 2.23. The van der Waals surface area contributed by atoms with Crippen LogP contribution in [0.2, 0.25) is 0 Å². The van der Waals surface area contributed by atoms with Crippen LogP contribution < -0.4 is 4.74 Å². The molecular weight excluding hydrogens is 192 g/mol. The summed E-state index contributed by atoms with van der Waals surface area (Å²) in [5, 5.41) is 0. The molecule has 0 amide bonds. The Morgan fingerprint density at radius 3 is 2.93 bits per heavy atom.